The molecule has 2 atom stereocenters. The van der Waals surface area contributed by atoms with Crippen molar-refractivity contribution in [3.63, 3.8) is 0 Å². The van der Waals surface area contributed by atoms with E-state index >= 15 is 0 Å². The van der Waals surface area contributed by atoms with Crippen molar-refractivity contribution in [1.29, 1.82) is 0 Å². The van der Waals surface area contributed by atoms with Crippen LogP contribution in [0.1, 0.15) is 33.1 Å². The van der Waals surface area contributed by atoms with Crippen LogP contribution in [0.15, 0.2) is 0 Å². The van der Waals surface area contributed by atoms with Crippen LogP contribution in [-0.4, -0.2) is 19.9 Å². The summed E-state index contributed by atoms with van der Waals surface area (Å²) in [6.07, 6.45) is 3.62. The van der Waals surface area contributed by atoms with Crippen LogP contribution in [0.25, 0.3) is 0 Å². The van der Waals surface area contributed by atoms with E-state index in [9.17, 15) is 8.42 Å². The fourth-order valence-corrected chi connectivity index (χ4v) is 5.58. The lowest BCUT2D eigenvalue weighted by Crippen LogP contribution is -2.08. The quantitative estimate of drug-likeness (QED) is 0.708. The molecular formula is C11H20O2S. The largest absolute Gasteiger partial charge is 0.229 e. The van der Waals surface area contributed by atoms with E-state index in [0.717, 1.165) is 11.8 Å². The highest BCUT2D eigenvalue weighted by Gasteiger charge is 2.43. The Kier molecular flexibility index (Phi) is 2.63. The molecular weight excluding hydrogens is 196 g/mol. The predicted octanol–water partition coefficient (Wildman–Crippen LogP) is 2.10. The van der Waals surface area contributed by atoms with Gasteiger partial charge in [0.15, 0.2) is 9.84 Å². The molecule has 82 valence electrons. The average molecular weight is 216 g/mol. The van der Waals surface area contributed by atoms with Gasteiger partial charge in [0, 0.05) is 0 Å². The summed E-state index contributed by atoms with van der Waals surface area (Å²) < 4.78 is 22.7. The van der Waals surface area contributed by atoms with Crippen LogP contribution in [0.5, 0.6) is 0 Å². The molecule has 3 heteroatoms. The molecule has 1 saturated heterocycles. The Morgan fingerprint density at radius 3 is 2.07 bits per heavy atom. The van der Waals surface area contributed by atoms with Crippen molar-refractivity contribution in [2.75, 3.05) is 11.5 Å². The Morgan fingerprint density at radius 1 is 1.14 bits per heavy atom. The van der Waals surface area contributed by atoms with Crippen molar-refractivity contribution in [2.45, 2.75) is 33.1 Å². The SMILES string of the molecule is CC(C)CC1CC2CS(=O)(=O)CC2C1. The number of hydrogen-bond donors (Lipinski definition) is 0. The third-order valence-electron chi connectivity index (χ3n) is 3.68. The van der Waals surface area contributed by atoms with E-state index in [1.165, 1.54) is 19.3 Å². The number of fused-ring (bicyclic) bond motifs is 1. The van der Waals surface area contributed by atoms with E-state index in [0.29, 0.717) is 23.3 Å². The number of rotatable bonds is 2. The number of sulfone groups is 1. The maximum Gasteiger partial charge on any atom is 0.150 e. The van der Waals surface area contributed by atoms with Crippen molar-refractivity contribution >= 4 is 9.84 Å². The van der Waals surface area contributed by atoms with Gasteiger partial charge in [-0.05, 0) is 42.9 Å². The molecule has 0 aromatic rings. The summed E-state index contributed by atoms with van der Waals surface area (Å²) in [5, 5.41) is 0. The van der Waals surface area contributed by atoms with Crippen molar-refractivity contribution in [3.05, 3.63) is 0 Å². The third kappa shape index (κ3) is 2.13. The van der Waals surface area contributed by atoms with Crippen LogP contribution < -0.4 is 0 Å². The van der Waals surface area contributed by atoms with Gasteiger partial charge in [0.05, 0.1) is 11.5 Å². The van der Waals surface area contributed by atoms with Gasteiger partial charge in [-0.1, -0.05) is 13.8 Å². The van der Waals surface area contributed by atoms with Gasteiger partial charge in [-0.25, -0.2) is 8.42 Å². The van der Waals surface area contributed by atoms with E-state index in [-0.39, 0.29) is 0 Å². The smallest absolute Gasteiger partial charge is 0.150 e. The Balaban J connectivity index is 1.94. The van der Waals surface area contributed by atoms with Crippen LogP contribution in [0, 0.1) is 23.7 Å². The lowest BCUT2D eigenvalue weighted by atomic mass is 9.95. The first kappa shape index (κ1) is 10.5. The normalized spacial score (nSPS) is 40.4. The Bertz CT molecular complexity index is 285. The van der Waals surface area contributed by atoms with Gasteiger partial charge in [0.2, 0.25) is 0 Å². The standard InChI is InChI=1S/C11H20O2S/c1-8(2)3-9-4-10-6-14(12,13)7-11(10)5-9/h8-11H,3-7H2,1-2H3. The van der Waals surface area contributed by atoms with Crippen molar-refractivity contribution in [2.24, 2.45) is 23.7 Å². The zero-order valence-corrected chi connectivity index (χ0v) is 9.89. The van der Waals surface area contributed by atoms with E-state index < -0.39 is 9.84 Å². The summed E-state index contributed by atoms with van der Waals surface area (Å²) in [6.45, 7) is 4.51. The fourth-order valence-electron chi connectivity index (χ4n) is 3.33. The maximum absolute atomic E-state index is 11.4. The van der Waals surface area contributed by atoms with Crippen LogP contribution >= 0.6 is 0 Å². The fraction of sp³-hybridized carbons (Fsp3) is 1.00. The highest BCUT2D eigenvalue weighted by Crippen LogP contribution is 2.44. The van der Waals surface area contributed by atoms with E-state index in [1.54, 1.807) is 0 Å². The summed E-state index contributed by atoms with van der Waals surface area (Å²) in [5.41, 5.74) is 0. The second-order valence-corrected chi connectivity index (χ2v) is 7.72. The zero-order chi connectivity index (χ0) is 10.3. The van der Waals surface area contributed by atoms with Gasteiger partial charge in [-0.2, -0.15) is 0 Å². The molecule has 2 aliphatic rings. The van der Waals surface area contributed by atoms with Crippen LogP contribution in [-0.2, 0) is 9.84 Å². The van der Waals surface area contributed by atoms with Gasteiger partial charge in [0.25, 0.3) is 0 Å². The maximum atomic E-state index is 11.4. The molecule has 0 aromatic carbocycles. The second-order valence-electron chi connectivity index (χ2n) is 5.56. The molecule has 14 heavy (non-hydrogen) atoms. The monoisotopic (exact) mass is 216 g/mol. The Morgan fingerprint density at radius 2 is 1.64 bits per heavy atom. The Hall–Kier alpha value is -0.0500. The van der Waals surface area contributed by atoms with Gasteiger partial charge < -0.3 is 0 Å². The van der Waals surface area contributed by atoms with Crippen molar-refractivity contribution in [1.82, 2.24) is 0 Å². The van der Waals surface area contributed by atoms with Gasteiger partial charge in [-0.15, -0.1) is 0 Å². The predicted molar refractivity (Wildman–Crippen MR) is 57.8 cm³/mol. The molecule has 1 saturated carbocycles. The first-order valence-electron chi connectivity index (χ1n) is 5.66. The molecule has 0 radical (unpaired) electrons. The first-order chi connectivity index (χ1) is 6.46. The minimum Gasteiger partial charge on any atom is -0.229 e. The van der Waals surface area contributed by atoms with Crippen LogP contribution in [0.4, 0.5) is 0 Å². The number of hydrogen-bond acceptors (Lipinski definition) is 2. The van der Waals surface area contributed by atoms with Crippen LogP contribution in [0.2, 0.25) is 0 Å². The van der Waals surface area contributed by atoms with E-state index in [4.69, 9.17) is 0 Å². The molecule has 0 N–H and O–H groups in total. The lowest BCUT2D eigenvalue weighted by Gasteiger charge is -2.13. The van der Waals surface area contributed by atoms with Gasteiger partial charge in [-0.3, -0.25) is 0 Å². The van der Waals surface area contributed by atoms with Gasteiger partial charge in [0.1, 0.15) is 0 Å². The lowest BCUT2D eigenvalue weighted by molar-refractivity contribution is 0.404. The molecule has 2 unspecified atom stereocenters. The topological polar surface area (TPSA) is 34.1 Å². The molecule has 0 amide bonds. The molecule has 2 fully saturated rings. The van der Waals surface area contributed by atoms with Crippen LogP contribution in [0.3, 0.4) is 0 Å². The highest BCUT2D eigenvalue weighted by atomic mass is 32.2. The summed E-state index contributed by atoms with van der Waals surface area (Å²) in [7, 11) is -2.66. The summed E-state index contributed by atoms with van der Waals surface area (Å²) in [5.74, 6) is 3.53. The van der Waals surface area contributed by atoms with Crippen molar-refractivity contribution in [3.8, 4) is 0 Å². The molecule has 1 aliphatic carbocycles. The Labute approximate surface area is 87.0 Å². The average Bonchev–Trinajstić information content (AvgIpc) is 2.38. The molecule has 1 heterocycles. The highest BCUT2D eigenvalue weighted by molar-refractivity contribution is 7.91. The molecule has 0 spiro atoms. The molecule has 0 bridgehead atoms. The molecule has 0 aromatic heterocycles. The zero-order valence-electron chi connectivity index (χ0n) is 9.07. The van der Waals surface area contributed by atoms with E-state index in [1.807, 2.05) is 0 Å². The van der Waals surface area contributed by atoms with Crippen molar-refractivity contribution < 1.29 is 8.42 Å². The second kappa shape index (κ2) is 3.51. The first-order valence-corrected chi connectivity index (χ1v) is 7.49. The summed E-state index contributed by atoms with van der Waals surface area (Å²) >= 11 is 0. The molecule has 2 rings (SSSR count). The summed E-state index contributed by atoms with van der Waals surface area (Å²) in [6, 6.07) is 0. The molecule has 2 nitrogen and oxygen atoms in total. The minimum absolute atomic E-state index is 0.478. The summed E-state index contributed by atoms with van der Waals surface area (Å²) in [4.78, 5) is 0. The molecule has 1 aliphatic heterocycles. The minimum atomic E-state index is -2.66. The van der Waals surface area contributed by atoms with Gasteiger partial charge >= 0.3 is 0 Å². The van der Waals surface area contributed by atoms with E-state index in [2.05, 4.69) is 13.8 Å². The third-order valence-corrected chi connectivity index (χ3v) is 5.55.